The Kier molecular flexibility index (Phi) is 2.80. The van der Waals surface area contributed by atoms with E-state index in [0.29, 0.717) is 6.54 Å². The van der Waals surface area contributed by atoms with E-state index in [1.807, 2.05) is 6.92 Å². The van der Waals surface area contributed by atoms with Crippen LogP contribution in [0.5, 0.6) is 0 Å². The molecule has 1 N–H and O–H groups in total. The van der Waals surface area contributed by atoms with Crippen LogP contribution in [0.2, 0.25) is 0 Å². The van der Waals surface area contributed by atoms with E-state index in [1.165, 1.54) is 4.90 Å². The Morgan fingerprint density at radius 1 is 1.50 bits per heavy atom. The third kappa shape index (κ3) is 1.72. The molecule has 1 aliphatic heterocycles. The van der Waals surface area contributed by atoms with Crippen LogP contribution >= 0.6 is 0 Å². The molecule has 3 amide bonds. The molecule has 0 saturated carbocycles. The van der Waals surface area contributed by atoms with Gasteiger partial charge in [-0.05, 0) is 20.8 Å². The van der Waals surface area contributed by atoms with Crippen LogP contribution in [0.4, 0.5) is 4.79 Å². The maximum atomic E-state index is 11.4. The molecule has 5 heteroatoms. The van der Waals surface area contributed by atoms with E-state index in [9.17, 15) is 9.59 Å². The van der Waals surface area contributed by atoms with Crippen molar-refractivity contribution in [1.29, 1.82) is 0 Å². The van der Waals surface area contributed by atoms with Crippen molar-refractivity contribution in [3.8, 4) is 0 Å². The number of ether oxygens (including phenoxy) is 1. The fourth-order valence-electron chi connectivity index (χ4n) is 1.34. The number of amides is 3. The molecule has 1 atom stereocenters. The fraction of sp³-hybridized carbons (Fsp3) is 0.778. The molecule has 0 aromatic heterocycles. The van der Waals surface area contributed by atoms with Crippen molar-refractivity contribution < 1.29 is 14.3 Å². The van der Waals surface area contributed by atoms with E-state index < -0.39 is 5.54 Å². The zero-order chi connectivity index (χ0) is 10.9. The number of carbonyl (C=O) groups is 2. The summed E-state index contributed by atoms with van der Waals surface area (Å²) in [6, 6.07) is -0.344. The van der Waals surface area contributed by atoms with Crippen molar-refractivity contribution in [1.82, 2.24) is 10.2 Å². The normalized spacial score (nSPS) is 22.4. The molecule has 0 bridgehead atoms. The standard InChI is InChI=1S/C9H16N2O3/c1-6(14-4)5-11-8(13)10-7(12)9(11,2)3/h6H,5H2,1-4H3,(H,10,12,13). The predicted octanol–water partition coefficient (Wildman–Crippen LogP) is 0.352. The Morgan fingerprint density at radius 2 is 2.07 bits per heavy atom. The largest absolute Gasteiger partial charge is 0.380 e. The average Bonchev–Trinajstić information content (AvgIpc) is 2.28. The summed E-state index contributed by atoms with van der Waals surface area (Å²) in [4.78, 5) is 24.3. The van der Waals surface area contributed by atoms with E-state index in [0.717, 1.165) is 0 Å². The zero-order valence-electron chi connectivity index (χ0n) is 8.96. The van der Waals surface area contributed by atoms with E-state index in [-0.39, 0.29) is 18.0 Å². The molecule has 0 radical (unpaired) electrons. The molecular formula is C9H16N2O3. The minimum absolute atomic E-state index is 0.0778. The minimum atomic E-state index is -0.774. The van der Waals surface area contributed by atoms with Gasteiger partial charge in [0.05, 0.1) is 6.10 Å². The van der Waals surface area contributed by atoms with Gasteiger partial charge in [-0.25, -0.2) is 4.79 Å². The van der Waals surface area contributed by atoms with Crippen LogP contribution < -0.4 is 5.32 Å². The number of urea groups is 1. The molecule has 1 saturated heterocycles. The Morgan fingerprint density at radius 3 is 2.43 bits per heavy atom. The number of methoxy groups -OCH3 is 1. The zero-order valence-corrected chi connectivity index (χ0v) is 8.96. The number of nitrogens with zero attached hydrogens (tertiary/aromatic N) is 1. The van der Waals surface area contributed by atoms with Crippen LogP contribution in [0, 0.1) is 0 Å². The van der Waals surface area contributed by atoms with Crippen molar-refractivity contribution in [3.05, 3.63) is 0 Å². The lowest BCUT2D eigenvalue weighted by Crippen LogP contribution is -2.47. The number of hydrogen-bond donors (Lipinski definition) is 1. The molecule has 5 nitrogen and oxygen atoms in total. The van der Waals surface area contributed by atoms with Crippen LogP contribution in [0.3, 0.4) is 0 Å². The topological polar surface area (TPSA) is 58.6 Å². The van der Waals surface area contributed by atoms with E-state index in [2.05, 4.69) is 5.32 Å². The summed E-state index contributed by atoms with van der Waals surface area (Å²) in [6.07, 6.45) is -0.0778. The van der Waals surface area contributed by atoms with Crippen LogP contribution in [0.15, 0.2) is 0 Å². The van der Waals surface area contributed by atoms with Crippen LogP contribution in [-0.4, -0.2) is 42.1 Å². The molecule has 0 aromatic carbocycles. The second kappa shape index (κ2) is 3.57. The van der Waals surface area contributed by atoms with Gasteiger partial charge in [0.15, 0.2) is 0 Å². The Balaban J connectivity index is 2.76. The van der Waals surface area contributed by atoms with Gasteiger partial charge in [-0.3, -0.25) is 10.1 Å². The van der Waals surface area contributed by atoms with Crippen molar-refractivity contribution >= 4 is 11.9 Å². The minimum Gasteiger partial charge on any atom is -0.380 e. The highest BCUT2D eigenvalue weighted by molar-refractivity contribution is 6.06. The number of imide groups is 1. The first-order chi connectivity index (χ1) is 6.39. The molecule has 1 aliphatic rings. The first kappa shape index (κ1) is 11.0. The van der Waals surface area contributed by atoms with E-state index >= 15 is 0 Å². The van der Waals surface area contributed by atoms with Crippen LogP contribution in [-0.2, 0) is 9.53 Å². The Labute approximate surface area is 83.4 Å². The summed E-state index contributed by atoms with van der Waals surface area (Å²) in [5.74, 6) is -0.259. The van der Waals surface area contributed by atoms with Gasteiger partial charge >= 0.3 is 6.03 Å². The van der Waals surface area contributed by atoms with Gasteiger partial charge < -0.3 is 9.64 Å². The van der Waals surface area contributed by atoms with Gasteiger partial charge in [0.1, 0.15) is 5.54 Å². The van der Waals surface area contributed by atoms with Gasteiger partial charge in [0.25, 0.3) is 5.91 Å². The monoisotopic (exact) mass is 200 g/mol. The van der Waals surface area contributed by atoms with Crippen LogP contribution in [0.1, 0.15) is 20.8 Å². The summed E-state index contributed by atoms with van der Waals surface area (Å²) in [5.41, 5.74) is -0.774. The van der Waals surface area contributed by atoms with Gasteiger partial charge in [0.2, 0.25) is 0 Å². The maximum Gasteiger partial charge on any atom is 0.325 e. The SMILES string of the molecule is COC(C)CN1C(=O)NC(=O)C1(C)C. The summed E-state index contributed by atoms with van der Waals surface area (Å²) in [7, 11) is 1.58. The molecular weight excluding hydrogens is 184 g/mol. The van der Waals surface area contributed by atoms with Crippen molar-refractivity contribution in [2.24, 2.45) is 0 Å². The summed E-state index contributed by atoms with van der Waals surface area (Å²) >= 11 is 0. The van der Waals surface area contributed by atoms with Crippen molar-refractivity contribution in [2.45, 2.75) is 32.4 Å². The molecule has 1 heterocycles. The first-order valence-electron chi connectivity index (χ1n) is 4.55. The van der Waals surface area contributed by atoms with Gasteiger partial charge in [-0.2, -0.15) is 0 Å². The second-order valence-electron chi connectivity index (χ2n) is 3.98. The van der Waals surface area contributed by atoms with Gasteiger partial charge in [-0.15, -0.1) is 0 Å². The lowest BCUT2D eigenvalue weighted by atomic mass is 10.0. The molecule has 1 rings (SSSR count). The first-order valence-corrected chi connectivity index (χ1v) is 4.55. The molecule has 1 unspecified atom stereocenters. The van der Waals surface area contributed by atoms with Gasteiger partial charge in [0, 0.05) is 13.7 Å². The lowest BCUT2D eigenvalue weighted by molar-refractivity contribution is -0.125. The quantitative estimate of drug-likeness (QED) is 0.669. The number of nitrogens with one attached hydrogen (secondary N) is 1. The summed E-state index contributed by atoms with van der Waals surface area (Å²) in [5, 5.41) is 2.28. The summed E-state index contributed by atoms with van der Waals surface area (Å²) < 4.78 is 5.06. The average molecular weight is 200 g/mol. The fourth-order valence-corrected chi connectivity index (χ4v) is 1.34. The molecule has 0 aromatic rings. The highest BCUT2D eigenvalue weighted by Crippen LogP contribution is 2.21. The van der Waals surface area contributed by atoms with E-state index in [1.54, 1.807) is 21.0 Å². The summed E-state index contributed by atoms with van der Waals surface area (Å²) in [6.45, 7) is 5.71. The molecule has 1 fully saturated rings. The molecule has 14 heavy (non-hydrogen) atoms. The van der Waals surface area contributed by atoms with Crippen molar-refractivity contribution in [3.63, 3.8) is 0 Å². The smallest absolute Gasteiger partial charge is 0.325 e. The van der Waals surface area contributed by atoms with Crippen LogP contribution in [0.25, 0.3) is 0 Å². The third-order valence-electron chi connectivity index (χ3n) is 2.54. The highest BCUT2D eigenvalue weighted by atomic mass is 16.5. The van der Waals surface area contributed by atoms with Crippen molar-refractivity contribution in [2.75, 3.05) is 13.7 Å². The molecule has 0 spiro atoms. The lowest BCUT2D eigenvalue weighted by Gasteiger charge is -2.29. The van der Waals surface area contributed by atoms with E-state index in [4.69, 9.17) is 4.74 Å². The highest BCUT2D eigenvalue weighted by Gasteiger charge is 2.45. The Hall–Kier alpha value is -1.10. The third-order valence-corrected chi connectivity index (χ3v) is 2.54. The Bertz CT molecular complexity index is 263. The molecule has 0 aliphatic carbocycles. The molecule has 80 valence electrons. The number of rotatable bonds is 3. The maximum absolute atomic E-state index is 11.4. The second-order valence-corrected chi connectivity index (χ2v) is 3.98. The number of carbonyl (C=O) groups excluding carboxylic acids is 2. The number of hydrogen-bond acceptors (Lipinski definition) is 3. The van der Waals surface area contributed by atoms with Gasteiger partial charge in [-0.1, -0.05) is 0 Å². The predicted molar refractivity (Wildman–Crippen MR) is 50.8 cm³/mol.